The first-order chi connectivity index (χ1) is 15.2. The lowest BCUT2D eigenvalue weighted by atomic mass is 10.2. The zero-order chi connectivity index (χ0) is 21.5. The summed E-state index contributed by atoms with van der Waals surface area (Å²) in [6.07, 6.45) is 4.49. The largest absolute Gasteiger partial charge is 0.378 e. The molecule has 1 aromatic heterocycles. The van der Waals surface area contributed by atoms with E-state index in [-0.39, 0.29) is 11.7 Å². The van der Waals surface area contributed by atoms with Gasteiger partial charge >= 0.3 is 0 Å². The molecule has 0 atom stereocenters. The third kappa shape index (κ3) is 5.64. The fourth-order valence-electron chi connectivity index (χ4n) is 3.16. The quantitative estimate of drug-likeness (QED) is 0.591. The van der Waals surface area contributed by atoms with Gasteiger partial charge in [-0.25, -0.2) is 4.39 Å². The van der Waals surface area contributed by atoms with Crippen LogP contribution in [0.1, 0.15) is 5.56 Å². The molecule has 31 heavy (non-hydrogen) atoms. The Morgan fingerprint density at radius 3 is 2.58 bits per heavy atom. The van der Waals surface area contributed by atoms with Crippen molar-refractivity contribution in [2.75, 3.05) is 41.8 Å². The van der Waals surface area contributed by atoms with Gasteiger partial charge in [-0.05, 0) is 36.4 Å². The summed E-state index contributed by atoms with van der Waals surface area (Å²) in [5.41, 5.74) is 2.79. The van der Waals surface area contributed by atoms with E-state index in [1.807, 2.05) is 18.2 Å². The minimum absolute atomic E-state index is 0.340. The monoisotopic (exact) mass is 419 g/mol. The van der Waals surface area contributed by atoms with Gasteiger partial charge in [0.25, 0.3) is 0 Å². The Morgan fingerprint density at radius 1 is 1.06 bits per heavy atom. The minimum Gasteiger partial charge on any atom is -0.378 e. The molecule has 2 N–H and O–H groups in total. The van der Waals surface area contributed by atoms with Crippen molar-refractivity contribution < 1.29 is 13.9 Å². The zero-order valence-corrected chi connectivity index (χ0v) is 16.8. The normalized spacial score (nSPS) is 13.9. The van der Waals surface area contributed by atoms with Crippen LogP contribution in [-0.2, 0) is 9.53 Å². The number of rotatable bonds is 6. The minimum atomic E-state index is -0.372. The van der Waals surface area contributed by atoms with Crippen LogP contribution in [0.2, 0.25) is 0 Å². The van der Waals surface area contributed by atoms with E-state index in [2.05, 4.69) is 25.7 Å². The molecule has 0 spiro atoms. The molecule has 2 heterocycles. The molecule has 1 amide bonds. The second-order valence-electron chi connectivity index (χ2n) is 6.94. The summed E-state index contributed by atoms with van der Waals surface area (Å²) in [4.78, 5) is 14.3. The second kappa shape index (κ2) is 9.82. The van der Waals surface area contributed by atoms with E-state index in [1.165, 1.54) is 18.2 Å². The van der Waals surface area contributed by atoms with Crippen LogP contribution in [0.4, 0.5) is 27.3 Å². The van der Waals surface area contributed by atoms with Gasteiger partial charge in [-0.1, -0.05) is 18.2 Å². The van der Waals surface area contributed by atoms with Crippen LogP contribution >= 0.6 is 0 Å². The van der Waals surface area contributed by atoms with Crippen molar-refractivity contribution in [1.82, 2.24) is 10.2 Å². The first kappa shape index (κ1) is 20.5. The van der Waals surface area contributed by atoms with E-state index in [1.54, 1.807) is 36.5 Å². The Bertz CT molecular complexity index is 1070. The van der Waals surface area contributed by atoms with E-state index in [0.29, 0.717) is 30.3 Å². The molecular formula is C23H22FN5O2. The Morgan fingerprint density at radius 2 is 1.81 bits per heavy atom. The lowest BCUT2D eigenvalue weighted by molar-refractivity contribution is -0.111. The molecule has 7 nitrogen and oxygen atoms in total. The maximum Gasteiger partial charge on any atom is 0.248 e. The summed E-state index contributed by atoms with van der Waals surface area (Å²) in [6.45, 7) is 3.05. The third-order valence-electron chi connectivity index (χ3n) is 4.76. The number of hydrogen-bond donors (Lipinski definition) is 2. The van der Waals surface area contributed by atoms with Crippen molar-refractivity contribution in [2.24, 2.45) is 0 Å². The molecule has 2 aromatic carbocycles. The number of benzene rings is 2. The summed E-state index contributed by atoms with van der Waals surface area (Å²) < 4.78 is 19.0. The van der Waals surface area contributed by atoms with Crippen LogP contribution in [0.5, 0.6) is 0 Å². The molecule has 1 fully saturated rings. The highest BCUT2D eigenvalue weighted by molar-refractivity contribution is 6.02. The number of amides is 1. The highest BCUT2D eigenvalue weighted by atomic mass is 19.1. The first-order valence-electron chi connectivity index (χ1n) is 9.93. The van der Waals surface area contributed by atoms with Gasteiger partial charge in [-0.15, -0.1) is 5.10 Å². The number of nitrogens with one attached hydrogen (secondary N) is 2. The smallest absolute Gasteiger partial charge is 0.248 e. The number of morpholine rings is 1. The van der Waals surface area contributed by atoms with E-state index < -0.39 is 0 Å². The van der Waals surface area contributed by atoms with Gasteiger partial charge in [-0.2, -0.15) is 5.10 Å². The number of hydrogen-bond acceptors (Lipinski definition) is 6. The molecule has 1 aliphatic heterocycles. The van der Waals surface area contributed by atoms with Crippen LogP contribution in [0.15, 0.2) is 66.9 Å². The zero-order valence-electron chi connectivity index (χ0n) is 16.8. The summed E-state index contributed by atoms with van der Waals surface area (Å²) in [5, 5.41) is 14.2. The molecular weight excluding hydrogens is 397 g/mol. The maximum absolute atomic E-state index is 13.6. The highest BCUT2D eigenvalue weighted by Gasteiger charge is 2.12. The number of anilines is 4. The molecule has 1 saturated heterocycles. The van der Waals surface area contributed by atoms with Crippen LogP contribution in [0, 0.1) is 5.82 Å². The number of carbonyl (C=O) groups excluding carboxylic acids is 1. The standard InChI is InChI=1S/C23H22FN5O2/c24-21-4-2-1-3-17(21)5-10-23(30)27-19-8-6-18(7-9-19)26-22-15-20(16-25-28-22)29-11-13-31-14-12-29/h1-10,15-16H,11-14H2,(H,26,28)(H,27,30)/b10-5+. The van der Waals surface area contributed by atoms with E-state index in [4.69, 9.17) is 4.74 Å². The molecule has 0 aliphatic carbocycles. The van der Waals surface area contributed by atoms with Gasteiger partial charge in [-0.3, -0.25) is 4.79 Å². The molecule has 3 aromatic rings. The van der Waals surface area contributed by atoms with Crippen molar-refractivity contribution in [1.29, 1.82) is 0 Å². The average Bonchev–Trinajstić information content (AvgIpc) is 2.81. The molecule has 0 saturated carbocycles. The fraction of sp³-hybridized carbons (Fsp3) is 0.174. The molecule has 4 rings (SSSR count). The molecule has 0 bridgehead atoms. The molecule has 1 aliphatic rings. The summed E-state index contributed by atoms with van der Waals surface area (Å²) in [7, 11) is 0. The SMILES string of the molecule is O=C(/C=C/c1ccccc1F)Nc1ccc(Nc2cc(N3CCOCC3)cnn2)cc1. The van der Waals surface area contributed by atoms with Crippen molar-refractivity contribution in [3.8, 4) is 0 Å². The van der Waals surface area contributed by atoms with Gasteiger partial charge in [0.1, 0.15) is 5.82 Å². The summed E-state index contributed by atoms with van der Waals surface area (Å²) in [6, 6.07) is 15.4. The van der Waals surface area contributed by atoms with Crippen LogP contribution in [0.3, 0.4) is 0 Å². The Kier molecular flexibility index (Phi) is 6.49. The molecule has 0 unspecified atom stereocenters. The van der Waals surface area contributed by atoms with Gasteiger partial charge in [0, 0.05) is 42.2 Å². The Hall–Kier alpha value is -3.78. The highest BCUT2D eigenvalue weighted by Crippen LogP contribution is 2.21. The van der Waals surface area contributed by atoms with Crippen molar-refractivity contribution in [3.05, 3.63) is 78.3 Å². The number of aromatic nitrogens is 2. The second-order valence-corrected chi connectivity index (χ2v) is 6.94. The van der Waals surface area contributed by atoms with Gasteiger partial charge in [0.2, 0.25) is 5.91 Å². The molecule has 8 heteroatoms. The molecule has 0 radical (unpaired) electrons. The Labute approximate surface area is 179 Å². The van der Waals surface area contributed by atoms with Crippen molar-refractivity contribution >= 4 is 34.9 Å². The van der Waals surface area contributed by atoms with Crippen LogP contribution in [-0.4, -0.2) is 42.4 Å². The number of nitrogens with zero attached hydrogens (tertiary/aromatic N) is 3. The third-order valence-corrected chi connectivity index (χ3v) is 4.76. The van der Waals surface area contributed by atoms with Crippen molar-refractivity contribution in [3.63, 3.8) is 0 Å². The lowest BCUT2D eigenvalue weighted by Crippen LogP contribution is -2.36. The number of carbonyl (C=O) groups is 1. The summed E-state index contributed by atoms with van der Waals surface area (Å²) >= 11 is 0. The van der Waals surface area contributed by atoms with Gasteiger partial charge in [0.15, 0.2) is 5.82 Å². The topological polar surface area (TPSA) is 79.4 Å². The maximum atomic E-state index is 13.6. The van der Waals surface area contributed by atoms with Gasteiger partial charge < -0.3 is 20.3 Å². The van der Waals surface area contributed by atoms with Gasteiger partial charge in [0.05, 0.1) is 25.1 Å². The first-order valence-corrected chi connectivity index (χ1v) is 9.93. The number of ether oxygens (including phenoxy) is 1. The lowest BCUT2D eigenvalue weighted by Gasteiger charge is -2.28. The van der Waals surface area contributed by atoms with Crippen LogP contribution < -0.4 is 15.5 Å². The van der Waals surface area contributed by atoms with E-state index >= 15 is 0 Å². The number of halogens is 1. The molecule has 158 valence electrons. The fourth-order valence-corrected chi connectivity index (χ4v) is 3.16. The predicted octanol–water partition coefficient (Wildman–Crippen LogP) is 3.85. The Balaban J connectivity index is 1.35. The van der Waals surface area contributed by atoms with Crippen molar-refractivity contribution in [2.45, 2.75) is 0 Å². The summed E-state index contributed by atoms with van der Waals surface area (Å²) in [5.74, 6) is -0.0793. The van der Waals surface area contributed by atoms with Crippen LogP contribution in [0.25, 0.3) is 6.08 Å². The van der Waals surface area contributed by atoms with E-state index in [0.717, 1.165) is 24.5 Å². The predicted molar refractivity (Wildman–Crippen MR) is 119 cm³/mol. The average molecular weight is 419 g/mol. The van der Waals surface area contributed by atoms with E-state index in [9.17, 15) is 9.18 Å².